The van der Waals surface area contributed by atoms with Gasteiger partial charge < -0.3 is 4.98 Å². The molecule has 0 fully saturated rings. The molecule has 104 valence electrons. The zero-order chi connectivity index (χ0) is 14.5. The zero-order valence-electron chi connectivity index (χ0n) is 11.0. The lowest BCUT2D eigenvalue weighted by molar-refractivity contribution is 0.102. The van der Waals surface area contributed by atoms with Gasteiger partial charge in [-0.3, -0.25) is 9.59 Å². The van der Waals surface area contributed by atoms with Crippen LogP contribution in [0.4, 0.5) is 0 Å². The molecule has 0 spiro atoms. The minimum absolute atomic E-state index is 0.0421. The largest absolute Gasteiger partial charge is 0.301 e. The van der Waals surface area contributed by atoms with Gasteiger partial charge in [-0.15, -0.1) is 17.9 Å². The first kappa shape index (κ1) is 14.7. The summed E-state index contributed by atoms with van der Waals surface area (Å²) in [5.41, 5.74) is 1.14. The van der Waals surface area contributed by atoms with E-state index in [1.54, 1.807) is 19.1 Å². The Balaban J connectivity index is 2.09. The zero-order valence-corrected chi connectivity index (χ0v) is 12.6. The SMILES string of the molecule is C=CCc1c(C)nc(SCC(=O)c2cccs2)[nH]c1=O. The molecule has 2 heterocycles. The predicted molar refractivity (Wildman–Crippen MR) is 82.9 cm³/mol. The number of Topliss-reactive ketones (excluding diaryl/α,β-unsaturated/α-hetero) is 1. The van der Waals surface area contributed by atoms with Crippen LogP contribution in [0.15, 0.2) is 40.1 Å². The van der Waals surface area contributed by atoms with Crippen molar-refractivity contribution in [3.8, 4) is 0 Å². The van der Waals surface area contributed by atoms with Crippen molar-refractivity contribution in [1.29, 1.82) is 0 Å². The lowest BCUT2D eigenvalue weighted by atomic mass is 10.2. The number of hydrogen-bond donors (Lipinski definition) is 1. The third kappa shape index (κ3) is 3.46. The lowest BCUT2D eigenvalue weighted by Gasteiger charge is -2.04. The molecule has 2 aromatic rings. The molecular formula is C14H14N2O2S2. The van der Waals surface area contributed by atoms with Gasteiger partial charge in [-0.1, -0.05) is 23.9 Å². The van der Waals surface area contributed by atoms with Gasteiger partial charge in [0.1, 0.15) is 0 Å². The molecule has 4 nitrogen and oxygen atoms in total. The summed E-state index contributed by atoms with van der Waals surface area (Å²) in [5.74, 6) is 0.310. The second-order valence-electron chi connectivity index (χ2n) is 4.12. The molecule has 0 aliphatic carbocycles. The minimum atomic E-state index is -0.163. The molecule has 0 aromatic carbocycles. The highest BCUT2D eigenvalue weighted by atomic mass is 32.2. The van der Waals surface area contributed by atoms with E-state index in [1.165, 1.54) is 23.1 Å². The summed E-state index contributed by atoms with van der Waals surface area (Å²) < 4.78 is 0. The van der Waals surface area contributed by atoms with Crippen LogP contribution in [0.5, 0.6) is 0 Å². The van der Waals surface area contributed by atoms with E-state index in [-0.39, 0.29) is 17.1 Å². The number of thioether (sulfide) groups is 1. The molecule has 0 saturated heterocycles. The first-order valence-corrected chi connectivity index (χ1v) is 7.88. The second kappa shape index (κ2) is 6.67. The van der Waals surface area contributed by atoms with Crippen molar-refractivity contribution in [2.24, 2.45) is 0 Å². The molecule has 0 aliphatic rings. The maximum atomic E-state index is 11.9. The van der Waals surface area contributed by atoms with Crippen molar-refractivity contribution >= 4 is 28.9 Å². The molecule has 0 aliphatic heterocycles. The molecule has 0 bridgehead atoms. The van der Waals surface area contributed by atoms with Gasteiger partial charge in [0, 0.05) is 11.3 Å². The molecule has 0 atom stereocenters. The summed E-state index contributed by atoms with van der Waals surface area (Å²) in [6, 6.07) is 3.64. The summed E-state index contributed by atoms with van der Waals surface area (Å²) in [5, 5.41) is 2.34. The fraction of sp³-hybridized carbons (Fsp3) is 0.214. The molecule has 2 aromatic heterocycles. The van der Waals surface area contributed by atoms with Crippen LogP contribution < -0.4 is 5.56 Å². The summed E-state index contributed by atoms with van der Waals surface area (Å²) >= 11 is 2.66. The number of aromatic nitrogens is 2. The van der Waals surface area contributed by atoms with Gasteiger partial charge in [0.05, 0.1) is 10.6 Å². The van der Waals surface area contributed by atoms with Gasteiger partial charge >= 0.3 is 0 Å². The van der Waals surface area contributed by atoms with E-state index in [9.17, 15) is 9.59 Å². The van der Waals surface area contributed by atoms with Crippen molar-refractivity contribution in [1.82, 2.24) is 9.97 Å². The van der Waals surface area contributed by atoms with Crippen molar-refractivity contribution in [3.05, 3.63) is 56.7 Å². The number of aryl methyl sites for hydroxylation is 1. The molecule has 0 radical (unpaired) electrons. The standard InChI is InChI=1S/C14H14N2O2S2/c1-3-5-10-9(2)15-14(16-13(10)18)20-8-11(17)12-6-4-7-19-12/h3-4,6-7H,1,5,8H2,2H3,(H,15,16,18). The number of aromatic amines is 1. The Morgan fingerprint density at radius 2 is 2.40 bits per heavy atom. The number of carbonyl (C=O) groups is 1. The summed E-state index contributed by atoms with van der Waals surface area (Å²) in [6.07, 6.45) is 2.17. The maximum absolute atomic E-state index is 11.9. The van der Waals surface area contributed by atoms with E-state index in [4.69, 9.17) is 0 Å². The van der Waals surface area contributed by atoms with E-state index < -0.39 is 0 Å². The third-order valence-corrected chi connectivity index (χ3v) is 4.47. The van der Waals surface area contributed by atoms with Gasteiger partial charge in [0.2, 0.25) is 0 Å². The third-order valence-electron chi connectivity index (χ3n) is 2.68. The number of allylic oxidation sites excluding steroid dienone is 1. The van der Waals surface area contributed by atoms with E-state index >= 15 is 0 Å². The van der Waals surface area contributed by atoms with Gasteiger partial charge in [0.15, 0.2) is 10.9 Å². The Hall–Kier alpha value is -1.66. The van der Waals surface area contributed by atoms with E-state index in [1.807, 2.05) is 11.4 Å². The molecule has 6 heteroatoms. The number of nitrogens with one attached hydrogen (secondary N) is 1. The van der Waals surface area contributed by atoms with Gasteiger partial charge in [-0.2, -0.15) is 0 Å². The molecule has 0 unspecified atom stereocenters. The average Bonchev–Trinajstić information content (AvgIpc) is 2.94. The first-order valence-electron chi connectivity index (χ1n) is 6.02. The first-order chi connectivity index (χ1) is 9.61. The topological polar surface area (TPSA) is 62.8 Å². The number of nitrogens with zero attached hydrogens (tertiary/aromatic N) is 1. The Morgan fingerprint density at radius 1 is 1.60 bits per heavy atom. The number of hydrogen-bond acceptors (Lipinski definition) is 5. The highest BCUT2D eigenvalue weighted by molar-refractivity contribution is 7.99. The highest BCUT2D eigenvalue weighted by Gasteiger charge is 2.11. The lowest BCUT2D eigenvalue weighted by Crippen LogP contribution is -2.17. The van der Waals surface area contributed by atoms with Crippen LogP contribution in [0.1, 0.15) is 20.9 Å². The second-order valence-corrected chi connectivity index (χ2v) is 6.03. The van der Waals surface area contributed by atoms with E-state index in [0.717, 1.165) is 4.88 Å². The predicted octanol–water partition coefficient (Wildman–Crippen LogP) is 2.84. The van der Waals surface area contributed by atoms with Crippen LogP contribution in [0, 0.1) is 6.92 Å². The quantitative estimate of drug-likeness (QED) is 0.386. The highest BCUT2D eigenvalue weighted by Crippen LogP contribution is 2.17. The Kier molecular flexibility index (Phi) is 4.92. The molecule has 2 rings (SSSR count). The van der Waals surface area contributed by atoms with Crippen molar-refractivity contribution in [2.75, 3.05) is 5.75 Å². The van der Waals surface area contributed by atoms with Crippen molar-refractivity contribution in [3.63, 3.8) is 0 Å². The van der Waals surface area contributed by atoms with Crippen molar-refractivity contribution in [2.45, 2.75) is 18.5 Å². The number of rotatable bonds is 6. The molecule has 0 saturated carbocycles. The summed E-state index contributed by atoms with van der Waals surface area (Å²) in [7, 11) is 0. The Morgan fingerprint density at radius 3 is 3.00 bits per heavy atom. The van der Waals surface area contributed by atoms with Crippen LogP contribution in [0.25, 0.3) is 0 Å². The van der Waals surface area contributed by atoms with Gasteiger partial charge in [-0.05, 0) is 24.8 Å². The minimum Gasteiger partial charge on any atom is -0.301 e. The van der Waals surface area contributed by atoms with Crippen LogP contribution in [-0.4, -0.2) is 21.5 Å². The summed E-state index contributed by atoms with van der Waals surface area (Å²) in [6.45, 7) is 5.41. The van der Waals surface area contributed by atoms with Crippen molar-refractivity contribution < 1.29 is 4.79 Å². The van der Waals surface area contributed by atoms with Crippen LogP contribution in [0.2, 0.25) is 0 Å². The molecular weight excluding hydrogens is 292 g/mol. The smallest absolute Gasteiger partial charge is 0.255 e. The number of thiophene rings is 1. The monoisotopic (exact) mass is 306 g/mol. The number of carbonyl (C=O) groups excluding carboxylic acids is 1. The Bertz CT molecular complexity index is 675. The number of ketones is 1. The normalized spacial score (nSPS) is 10.4. The van der Waals surface area contributed by atoms with Crippen LogP contribution >= 0.6 is 23.1 Å². The Labute approximate surface area is 125 Å². The molecule has 0 amide bonds. The fourth-order valence-electron chi connectivity index (χ4n) is 1.68. The van der Waals surface area contributed by atoms with E-state index in [2.05, 4.69) is 16.5 Å². The fourth-order valence-corrected chi connectivity index (χ4v) is 3.23. The molecule has 20 heavy (non-hydrogen) atoms. The van der Waals surface area contributed by atoms with Gasteiger partial charge in [0.25, 0.3) is 5.56 Å². The number of H-pyrrole nitrogens is 1. The van der Waals surface area contributed by atoms with E-state index in [0.29, 0.717) is 22.8 Å². The van der Waals surface area contributed by atoms with Gasteiger partial charge in [-0.25, -0.2) is 4.98 Å². The molecule has 1 N–H and O–H groups in total. The van der Waals surface area contributed by atoms with Crippen LogP contribution in [0.3, 0.4) is 0 Å². The average molecular weight is 306 g/mol. The maximum Gasteiger partial charge on any atom is 0.255 e. The summed E-state index contributed by atoms with van der Waals surface area (Å²) in [4.78, 5) is 31.5. The van der Waals surface area contributed by atoms with Crippen LogP contribution in [-0.2, 0) is 6.42 Å².